The molecule has 0 unspecified atom stereocenters. The number of nitrogens with one attached hydrogen (secondary N) is 1. The number of amides is 2. The lowest BCUT2D eigenvalue weighted by Gasteiger charge is -2.32. The molecule has 0 radical (unpaired) electrons. The molecule has 0 atom stereocenters. The maximum Gasteiger partial charge on any atom is 0.225 e. The van der Waals surface area contributed by atoms with Crippen LogP contribution in [-0.2, 0) is 9.59 Å². The van der Waals surface area contributed by atoms with Crippen molar-refractivity contribution in [1.82, 2.24) is 9.80 Å². The maximum atomic E-state index is 12.1. The first-order chi connectivity index (χ1) is 12.2. The highest BCUT2D eigenvalue weighted by Crippen LogP contribution is 2.21. The molecule has 25 heavy (non-hydrogen) atoms. The van der Waals surface area contributed by atoms with Gasteiger partial charge in [-0.15, -0.1) is 0 Å². The minimum Gasteiger partial charge on any atom is -0.372 e. The molecule has 0 bridgehead atoms. The molecular weight excluding hydrogens is 316 g/mol. The lowest BCUT2D eigenvalue weighted by Crippen LogP contribution is -2.46. The lowest BCUT2D eigenvalue weighted by atomic mass is 10.1. The fourth-order valence-corrected chi connectivity index (χ4v) is 3.48. The molecule has 2 saturated heterocycles. The zero-order valence-corrected chi connectivity index (χ0v) is 14.8. The van der Waals surface area contributed by atoms with E-state index in [0.29, 0.717) is 6.42 Å². The first kappa shape index (κ1) is 17.7. The van der Waals surface area contributed by atoms with E-state index in [1.54, 1.807) is 4.90 Å². The average molecular weight is 344 g/mol. The highest BCUT2D eigenvalue weighted by Gasteiger charge is 2.16. The summed E-state index contributed by atoms with van der Waals surface area (Å²) in [5, 5.41) is 2.98. The Labute approximate surface area is 149 Å². The Bertz CT molecular complexity index is 561. The largest absolute Gasteiger partial charge is 0.372 e. The first-order valence-electron chi connectivity index (χ1n) is 9.31. The van der Waals surface area contributed by atoms with E-state index < -0.39 is 0 Å². The molecule has 2 amide bonds. The van der Waals surface area contributed by atoms with Gasteiger partial charge in [-0.2, -0.15) is 0 Å². The number of piperidine rings is 1. The second-order valence-electron chi connectivity index (χ2n) is 6.88. The number of carbonyl (C=O) groups excluding carboxylic acids is 2. The van der Waals surface area contributed by atoms with Gasteiger partial charge in [0.25, 0.3) is 0 Å². The molecule has 2 fully saturated rings. The van der Waals surface area contributed by atoms with Gasteiger partial charge in [-0.3, -0.25) is 14.5 Å². The van der Waals surface area contributed by atoms with Gasteiger partial charge in [-0.05, 0) is 43.5 Å². The highest BCUT2D eigenvalue weighted by atomic mass is 16.1. The maximum absolute atomic E-state index is 12.1. The minimum atomic E-state index is 0.0449. The fourth-order valence-electron chi connectivity index (χ4n) is 3.48. The molecule has 3 rings (SSSR count). The van der Waals surface area contributed by atoms with E-state index >= 15 is 0 Å². The number of benzene rings is 1. The number of nitrogens with zero attached hydrogens (tertiary/aromatic N) is 3. The molecule has 0 aliphatic carbocycles. The predicted octanol–water partition coefficient (Wildman–Crippen LogP) is 1.78. The summed E-state index contributed by atoms with van der Waals surface area (Å²) in [6.45, 7) is 6.19. The Hall–Kier alpha value is -2.08. The van der Waals surface area contributed by atoms with Gasteiger partial charge in [-0.25, -0.2) is 0 Å². The van der Waals surface area contributed by atoms with Gasteiger partial charge in [0.1, 0.15) is 0 Å². The second-order valence-corrected chi connectivity index (χ2v) is 6.88. The summed E-state index contributed by atoms with van der Waals surface area (Å²) in [6, 6.07) is 8.18. The molecule has 1 N–H and O–H groups in total. The first-order valence-corrected chi connectivity index (χ1v) is 9.31. The number of hydrogen-bond acceptors (Lipinski definition) is 4. The van der Waals surface area contributed by atoms with E-state index in [-0.39, 0.29) is 5.91 Å². The zero-order chi connectivity index (χ0) is 17.5. The minimum absolute atomic E-state index is 0.0449. The highest BCUT2D eigenvalue weighted by molar-refractivity contribution is 5.91. The Kier molecular flexibility index (Phi) is 6.28. The van der Waals surface area contributed by atoms with Gasteiger partial charge < -0.3 is 15.1 Å². The van der Waals surface area contributed by atoms with Crippen LogP contribution >= 0.6 is 0 Å². The zero-order valence-electron chi connectivity index (χ0n) is 14.8. The molecule has 2 aliphatic rings. The third-order valence-corrected chi connectivity index (χ3v) is 5.08. The molecule has 1 aromatic carbocycles. The van der Waals surface area contributed by atoms with Crippen molar-refractivity contribution < 1.29 is 9.59 Å². The van der Waals surface area contributed by atoms with Crippen molar-refractivity contribution in [1.29, 1.82) is 0 Å². The van der Waals surface area contributed by atoms with Crippen molar-refractivity contribution in [3.8, 4) is 0 Å². The summed E-state index contributed by atoms with van der Waals surface area (Å²) in [5.41, 5.74) is 2.10. The van der Waals surface area contributed by atoms with E-state index in [0.717, 1.165) is 57.9 Å². The average Bonchev–Trinajstić information content (AvgIpc) is 2.68. The van der Waals surface area contributed by atoms with Gasteiger partial charge in [0, 0.05) is 63.6 Å². The summed E-state index contributed by atoms with van der Waals surface area (Å²) in [6.07, 6.45) is 5.24. The number of hydrogen-bond donors (Lipinski definition) is 1. The molecule has 0 saturated carbocycles. The molecular formula is C19H28N4O2. The summed E-state index contributed by atoms with van der Waals surface area (Å²) >= 11 is 0. The normalized spacial score (nSPS) is 18.9. The Morgan fingerprint density at radius 3 is 2.28 bits per heavy atom. The van der Waals surface area contributed by atoms with Gasteiger partial charge in [0.15, 0.2) is 0 Å². The predicted molar refractivity (Wildman–Crippen MR) is 99.8 cm³/mol. The van der Waals surface area contributed by atoms with Crippen LogP contribution in [0.5, 0.6) is 0 Å². The molecule has 1 aromatic rings. The van der Waals surface area contributed by atoms with Gasteiger partial charge in [-0.1, -0.05) is 0 Å². The van der Waals surface area contributed by atoms with Crippen LogP contribution in [0.4, 0.5) is 11.4 Å². The summed E-state index contributed by atoms with van der Waals surface area (Å²) in [5.74, 6) is 0.0449. The molecule has 2 heterocycles. The Balaban J connectivity index is 1.41. The second kappa shape index (κ2) is 8.85. The Morgan fingerprint density at radius 2 is 1.64 bits per heavy atom. The fraction of sp³-hybridized carbons (Fsp3) is 0.579. The topological polar surface area (TPSA) is 55.9 Å². The lowest BCUT2D eigenvalue weighted by molar-refractivity contribution is -0.120. The van der Waals surface area contributed by atoms with Crippen LogP contribution in [0, 0.1) is 0 Å². The summed E-state index contributed by atoms with van der Waals surface area (Å²) in [4.78, 5) is 29.3. The number of rotatable bonds is 6. The third kappa shape index (κ3) is 5.19. The van der Waals surface area contributed by atoms with E-state index in [2.05, 4.69) is 27.2 Å². The van der Waals surface area contributed by atoms with Gasteiger partial charge in [0.05, 0.1) is 0 Å². The smallest absolute Gasteiger partial charge is 0.225 e. The number of carbonyl (C=O) groups is 2. The monoisotopic (exact) mass is 344 g/mol. The molecule has 6 nitrogen and oxygen atoms in total. The van der Waals surface area contributed by atoms with Crippen molar-refractivity contribution in [2.24, 2.45) is 0 Å². The molecule has 0 spiro atoms. The van der Waals surface area contributed by atoms with Crippen molar-refractivity contribution in [2.45, 2.75) is 25.7 Å². The van der Waals surface area contributed by atoms with Gasteiger partial charge in [0.2, 0.25) is 12.3 Å². The van der Waals surface area contributed by atoms with Crippen LogP contribution in [0.2, 0.25) is 0 Å². The standard InChI is InChI=1S/C19H28N4O2/c24-16-22-14-12-21(13-15-22)11-8-19(25)20-17-4-6-18(7-5-17)23-9-2-1-3-10-23/h4-7,16H,1-3,8-15H2,(H,20,25). The van der Waals surface area contributed by atoms with E-state index in [1.165, 1.54) is 24.9 Å². The van der Waals surface area contributed by atoms with Gasteiger partial charge >= 0.3 is 0 Å². The van der Waals surface area contributed by atoms with E-state index in [1.807, 2.05) is 12.1 Å². The third-order valence-electron chi connectivity index (χ3n) is 5.08. The molecule has 2 aliphatic heterocycles. The quantitative estimate of drug-likeness (QED) is 0.799. The van der Waals surface area contributed by atoms with Crippen LogP contribution < -0.4 is 10.2 Å². The summed E-state index contributed by atoms with van der Waals surface area (Å²) in [7, 11) is 0. The molecule has 6 heteroatoms. The number of anilines is 2. The van der Waals surface area contributed by atoms with Crippen LogP contribution in [0.25, 0.3) is 0 Å². The molecule has 0 aromatic heterocycles. The SMILES string of the molecule is O=CN1CCN(CCC(=O)Nc2ccc(N3CCCCC3)cc2)CC1. The van der Waals surface area contributed by atoms with Crippen LogP contribution in [0.15, 0.2) is 24.3 Å². The molecule has 136 valence electrons. The van der Waals surface area contributed by atoms with Crippen molar-refractivity contribution in [2.75, 3.05) is 56.0 Å². The van der Waals surface area contributed by atoms with E-state index in [9.17, 15) is 9.59 Å². The van der Waals surface area contributed by atoms with Crippen molar-refractivity contribution in [3.63, 3.8) is 0 Å². The van der Waals surface area contributed by atoms with Crippen LogP contribution in [0.1, 0.15) is 25.7 Å². The van der Waals surface area contributed by atoms with Crippen molar-refractivity contribution in [3.05, 3.63) is 24.3 Å². The van der Waals surface area contributed by atoms with Crippen molar-refractivity contribution >= 4 is 23.7 Å². The van der Waals surface area contributed by atoms with Crippen LogP contribution in [-0.4, -0.2) is 67.9 Å². The van der Waals surface area contributed by atoms with E-state index in [4.69, 9.17) is 0 Å². The summed E-state index contributed by atoms with van der Waals surface area (Å²) < 4.78 is 0. The number of piperazine rings is 1. The van der Waals surface area contributed by atoms with Crippen LogP contribution in [0.3, 0.4) is 0 Å². The Morgan fingerprint density at radius 1 is 0.960 bits per heavy atom.